The van der Waals surface area contributed by atoms with Gasteiger partial charge in [-0.05, 0) is 50.4 Å². The van der Waals surface area contributed by atoms with Gasteiger partial charge in [-0.2, -0.15) is 0 Å². The van der Waals surface area contributed by atoms with Gasteiger partial charge in [-0.15, -0.1) is 0 Å². The number of piperidine rings is 1. The van der Waals surface area contributed by atoms with Gasteiger partial charge in [-0.3, -0.25) is 0 Å². The maximum Gasteiger partial charge on any atom is 0.119 e. The van der Waals surface area contributed by atoms with Gasteiger partial charge in [0.1, 0.15) is 5.75 Å². The highest BCUT2D eigenvalue weighted by molar-refractivity contribution is 5.54. The second kappa shape index (κ2) is 6.60. The molecule has 2 nitrogen and oxygen atoms in total. The van der Waals surface area contributed by atoms with Gasteiger partial charge >= 0.3 is 0 Å². The molecule has 0 amide bonds. The zero-order valence-electron chi connectivity index (χ0n) is 11.4. The summed E-state index contributed by atoms with van der Waals surface area (Å²) in [5.41, 5.74) is 2.66. The molecule has 0 saturated carbocycles. The molecule has 18 heavy (non-hydrogen) atoms. The lowest BCUT2D eigenvalue weighted by Crippen LogP contribution is -2.33. The molecule has 2 rings (SSSR count). The third-order valence-corrected chi connectivity index (χ3v) is 3.49. The van der Waals surface area contributed by atoms with Crippen LogP contribution in [0.15, 0.2) is 29.8 Å². The Morgan fingerprint density at radius 3 is 3.06 bits per heavy atom. The Labute approximate surface area is 110 Å². The maximum atomic E-state index is 5.24. The number of benzene rings is 1. The van der Waals surface area contributed by atoms with Crippen molar-refractivity contribution in [2.75, 3.05) is 13.7 Å². The molecular weight excluding hydrogens is 222 g/mol. The first-order chi connectivity index (χ1) is 8.78. The third kappa shape index (κ3) is 3.88. The summed E-state index contributed by atoms with van der Waals surface area (Å²) in [7, 11) is 1.71. The van der Waals surface area contributed by atoms with Gasteiger partial charge in [0.05, 0.1) is 7.11 Å². The largest absolute Gasteiger partial charge is 0.497 e. The summed E-state index contributed by atoms with van der Waals surface area (Å²) in [6.07, 6.45) is 7.42. The van der Waals surface area contributed by atoms with Crippen molar-refractivity contribution in [2.45, 2.75) is 38.6 Å². The molecule has 0 aliphatic carbocycles. The van der Waals surface area contributed by atoms with Crippen molar-refractivity contribution in [2.24, 2.45) is 0 Å². The van der Waals surface area contributed by atoms with E-state index in [0.29, 0.717) is 6.04 Å². The number of rotatable bonds is 4. The Hall–Kier alpha value is -1.28. The van der Waals surface area contributed by atoms with Crippen molar-refractivity contribution in [1.82, 2.24) is 5.32 Å². The third-order valence-electron chi connectivity index (χ3n) is 3.49. The summed E-state index contributed by atoms with van der Waals surface area (Å²) in [6, 6.07) is 8.89. The molecule has 1 unspecified atom stereocenters. The van der Waals surface area contributed by atoms with Crippen LogP contribution >= 0.6 is 0 Å². The first-order valence-corrected chi connectivity index (χ1v) is 6.82. The second-order valence-electron chi connectivity index (χ2n) is 5.12. The van der Waals surface area contributed by atoms with E-state index in [1.54, 1.807) is 7.11 Å². The van der Waals surface area contributed by atoms with Crippen LogP contribution in [0, 0.1) is 0 Å². The minimum absolute atomic E-state index is 0.667. The molecule has 2 heteroatoms. The minimum atomic E-state index is 0.667. The van der Waals surface area contributed by atoms with Crippen LogP contribution in [0.4, 0.5) is 0 Å². The Morgan fingerprint density at radius 2 is 2.33 bits per heavy atom. The predicted molar refractivity (Wildman–Crippen MR) is 76.9 cm³/mol. The lowest BCUT2D eigenvalue weighted by Gasteiger charge is -2.23. The van der Waals surface area contributed by atoms with Crippen LogP contribution in [-0.4, -0.2) is 19.7 Å². The zero-order valence-corrected chi connectivity index (χ0v) is 11.4. The molecule has 0 radical (unpaired) electrons. The molecule has 1 atom stereocenters. The van der Waals surface area contributed by atoms with Crippen LogP contribution in [0.3, 0.4) is 0 Å². The summed E-state index contributed by atoms with van der Waals surface area (Å²) in [6.45, 7) is 3.40. The Kier molecular flexibility index (Phi) is 4.82. The normalized spacial score (nSPS) is 20.8. The highest BCUT2D eigenvalue weighted by atomic mass is 16.5. The molecule has 1 fully saturated rings. The van der Waals surface area contributed by atoms with Gasteiger partial charge in [0.25, 0.3) is 0 Å². The van der Waals surface area contributed by atoms with E-state index in [4.69, 9.17) is 4.74 Å². The molecule has 1 aromatic rings. The lowest BCUT2D eigenvalue weighted by atomic mass is 9.97. The van der Waals surface area contributed by atoms with E-state index < -0.39 is 0 Å². The first-order valence-electron chi connectivity index (χ1n) is 6.82. The van der Waals surface area contributed by atoms with Crippen molar-refractivity contribution in [3.63, 3.8) is 0 Å². The van der Waals surface area contributed by atoms with Gasteiger partial charge in [-0.1, -0.05) is 30.2 Å². The summed E-state index contributed by atoms with van der Waals surface area (Å²) in [4.78, 5) is 0. The summed E-state index contributed by atoms with van der Waals surface area (Å²) in [5.74, 6) is 0.923. The van der Waals surface area contributed by atoms with Crippen molar-refractivity contribution in [3.05, 3.63) is 35.4 Å². The Bertz CT molecular complexity index is 405. The maximum absolute atomic E-state index is 5.24. The second-order valence-corrected chi connectivity index (χ2v) is 5.12. The van der Waals surface area contributed by atoms with Gasteiger partial charge in [0.15, 0.2) is 0 Å². The summed E-state index contributed by atoms with van der Waals surface area (Å²) < 4.78 is 5.24. The monoisotopic (exact) mass is 245 g/mol. The average molecular weight is 245 g/mol. The molecule has 98 valence electrons. The zero-order chi connectivity index (χ0) is 12.8. The smallest absolute Gasteiger partial charge is 0.119 e. The van der Waals surface area contributed by atoms with Gasteiger partial charge in [0.2, 0.25) is 0 Å². The molecule has 1 saturated heterocycles. The Morgan fingerprint density at radius 1 is 1.44 bits per heavy atom. The van der Waals surface area contributed by atoms with Crippen LogP contribution in [0.1, 0.15) is 38.2 Å². The fraction of sp³-hybridized carbons (Fsp3) is 0.500. The standard InChI is InChI=1S/C16H23NO/c1-13(11-15-7-3-4-9-17-15)10-14-6-5-8-16(12-14)18-2/h5-6,8,10,12,15,17H,3-4,7,9,11H2,1-2H3/b13-10-. The van der Waals surface area contributed by atoms with E-state index in [9.17, 15) is 0 Å². The molecule has 1 N–H and O–H groups in total. The van der Waals surface area contributed by atoms with Crippen LogP contribution in [-0.2, 0) is 0 Å². The van der Waals surface area contributed by atoms with Crippen molar-refractivity contribution in [3.8, 4) is 5.75 Å². The predicted octanol–water partition coefficient (Wildman–Crippen LogP) is 3.63. The number of hydrogen-bond donors (Lipinski definition) is 1. The number of hydrogen-bond acceptors (Lipinski definition) is 2. The first kappa shape index (κ1) is 13.2. The van der Waals surface area contributed by atoms with Gasteiger partial charge < -0.3 is 10.1 Å². The number of nitrogens with one attached hydrogen (secondary N) is 1. The van der Waals surface area contributed by atoms with E-state index in [-0.39, 0.29) is 0 Å². The fourth-order valence-corrected chi connectivity index (χ4v) is 2.56. The summed E-state index contributed by atoms with van der Waals surface area (Å²) >= 11 is 0. The van der Waals surface area contributed by atoms with Crippen molar-refractivity contribution >= 4 is 6.08 Å². The van der Waals surface area contributed by atoms with E-state index in [1.165, 1.54) is 36.9 Å². The number of ether oxygens (including phenoxy) is 1. The Balaban J connectivity index is 1.97. The molecule has 0 spiro atoms. The van der Waals surface area contributed by atoms with Crippen LogP contribution in [0.2, 0.25) is 0 Å². The summed E-state index contributed by atoms with van der Waals surface area (Å²) in [5, 5.41) is 3.59. The SMILES string of the molecule is COc1cccc(/C=C(/C)CC2CCCCN2)c1. The highest BCUT2D eigenvalue weighted by Crippen LogP contribution is 2.19. The molecule has 1 aliphatic rings. The molecular formula is C16H23NO. The topological polar surface area (TPSA) is 21.3 Å². The minimum Gasteiger partial charge on any atom is -0.497 e. The van der Waals surface area contributed by atoms with Crippen LogP contribution in [0.25, 0.3) is 6.08 Å². The molecule has 1 heterocycles. The van der Waals surface area contributed by atoms with Crippen molar-refractivity contribution < 1.29 is 4.74 Å². The van der Waals surface area contributed by atoms with E-state index >= 15 is 0 Å². The van der Waals surface area contributed by atoms with E-state index in [0.717, 1.165) is 12.2 Å². The van der Waals surface area contributed by atoms with Gasteiger partial charge in [-0.25, -0.2) is 0 Å². The molecule has 1 aliphatic heterocycles. The van der Waals surface area contributed by atoms with E-state index in [2.05, 4.69) is 30.4 Å². The number of methoxy groups -OCH3 is 1. The van der Waals surface area contributed by atoms with Gasteiger partial charge in [0, 0.05) is 6.04 Å². The van der Waals surface area contributed by atoms with Crippen LogP contribution in [0.5, 0.6) is 5.75 Å². The molecule has 0 aromatic heterocycles. The quantitative estimate of drug-likeness (QED) is 0.874. The molecule has 1 aromatic carbocycles. The molecule has 0 bridgehead atoms. The van der Waals surface area contributed by atoms with Crippen molar-refractivity contribution in [1.29, 1.82) is 0 Å². The van der Waals surface area contributed by atoms with E-state index in [1.807, 2.05) is 12.1 Å². The van der Waals surface area contributed by atoms with Crippen LogP contribution < -0.4 is 10.1 Å². The fourth-order valence-electron chi connectivity index (χ4n) is 2.56. The average Bonchev–Trinajstić information content (AvgIpc) is 2.40. The lowest BCUT2D eigenvalue weighted by molar-refractivity contribution is 0.399. The highest BCUT2D eigenvalue weighted by Gasteiger charge is 2.12.